The van der Waals surface area contributed by atoms with Gasteiger partial charge >= 0.3 is 6.09 Å². The number of ether oxygens (including phenoxy) is 1. The number of aromatic nitrogens is 1. The molecule has 0 bridgehead atoms. The third-order valence-electron chi connectivity index (χ3n) is 8.07. The fourth-order valence-corrected chi connectivity index (χ4v) is 5.89. The van der Waals surface area contributed by atoms with E-state index >= 15 is 0 Å². The van der Waals surface area contributed by atoms with Crippen molar-refractivity contribution in [3.05, 3.63) is 30.1 Å². The molecule has 0 aromatic carbocycles. The number of likely N-dealkylation sites (tertiary alicyclic amines) is 1. The Bertz CT molecular complexity index is 913. The van der Waals surface area contributed by atoms with E-state index in [2.05, 4.69) is 15.9 Å². The summed E-state index contributed by atoms with van der Waals surface area (Å²) in [5, 5.41) is 0. The fraction of sp³-hybridized carbons (Fsp3) is 0.640. The molecule has 2 saturated heterocycles. The van der Waals surface area contributed by atoms with Gasteiger partial charge in [0, 0.05) is 86.5 Å². The number of pyridine rings is 1. The number of methoxy groups -OCH3 is 1. The van der Waals surface area contributed by atoms with Crippen LogP contribution < -0.4 is 10.6 Å². The van der Waals surface area contributed by atoms with Gasteiger partial charge in [-0.3, -0.25) is 9.89 Å². The number of anilines is 1. The molecule has 2 aliphatic heterocycles. The lowest BCUT2D eigenvalue weighted by Crippen LogP contribution is -2.58. The maximum absolute atomic E-state index is 11.7. The maximum atomic E-state index is 11.7. The predicted octanol–water partition coefficient (Wildman–Crippen LogP) is 2.75. The summed E-state index contributed by atoms with van der Waals surface area (Å²) in [5.74, 6) is 1.00. The molecule has 1 amide bonds. The smallest absolute Gasteiger partial charge is 0.409 e. The fourth-order valence-electron chi connectivity index (χ4n) is 5.89. The summed E-state index contributed by atoms with van der Waals surface area (Å²) in [5.41, 5.74) is 8.32. The molecule has 178 valence electrons. The molecule has 2 aliphatic carbocycles. The van der Waals surface area contributed by atoms with E-state index in [4.69, 9.17) is 20.4 Å². The van der Waals surface area contributed by atoms with Gasteiger partial charge in [0.1, 0.15) is 5.82 Å². The van der Waals surface area contributed by atoms with Crippen LogP contribution in [0, 0.1) is 5.41 Å². The summed E-state index contributed by atoms with van der Waals surface area (Å²) in [4.78, 5) is 28.1. The monoisotopic (exact) mass is 452 g/mol. The Morgan fingerprint density at radius 2 is 2.03 bits per heavy atom. The Balaban J connectivity index is 1.18. The molecule has 1 atom stereocenters. The molecule has 0 unspecified atom stereocenters. The van der Waals surface area contributed by atoms with Crippen molar-refractivity contribution in [2.24, 2.45) is 16.1 Å². The summed E-state index contributed by atoms with van der Waals surface area (Å²) in [6.45, 7) is 5.69. The van der Waals surface area contributed by atoms with Crippen LogP contribution in [-0.2, 0) is 4.74 Å². The zero-order chi connectivity index (χ0) is 22.8. The second-order valence-corrected chi connectivity index (χ2v) is 10.1. The highest BCUT2D eigenvalue weighted by Gasteiger charge is 2.51. The molecule has 3 heterocycles. The van der Waals surface area contributed by atoms with Crippen molar-refractivity contribution in [1.29, 1.82) is 0 Å². The van der Waals surface area contributed by atoms with Crippen molar-refractivity contribution in [2.75, 3.05) is 51.3 Å². The second kappa shape index (κ2) is 9.33. The van der Waals surface area contributed by atoms with Crippen molar-refractivity contribution < 1.29 is 9.53 Å². The van der Waals surface area contributed by atoms with E-state index in [-0.39, 0.29) is 6.09 Å². The summed E-state index contributed by atoms with van der Waals surface area (Å²) >= 11 is 0. The minimum Gasteiger partial charge on any atom is -0.453 e. The zero-order valence-corrected chi connectivity index (χ0v) is 19.7. The summed E-state index contributed by atoms with van der Waals surface area (Å²) < 4.78 is 4.87. The molecular formula is C25H36N6O2. The first-order valence-corrected chi connectivity index (χ1v) is 12.3. The number of allylic oxidation sites excluding steroid dienone is 1. The van der Waals surface area contributed by atoms with Gasteiger partial charge < -0.3 is 20.3 Å². The molecule has 1 spiro atoms. The number of rotatable bonds is 5. The maximum Gasteiger partial charge on any atom is 0.409 e. The number of carbonyl (C=O) groups is 1. The normalized spacial score (nSPS) is 26.0. The number of aliphatic imine (C=N–C) groups is 1. The van der Waals surface area contributed by atoms with Crippen molar-refractivity contribution in [1.82, 2.24) is 14.8 Å². The van der Waals surface area contributed by atoms with Crippen LogP contribution in [0.25, 0.3) is 5.57 Å². The van der Waals surface area contributed by atoms with Crippen LogP contribution >= 0.6 is 0 Å². The van der Waals surface area contributed by atoms with E-state index < -0.39 is 0 Å². The SMILES string of the molecule is COC(=O)N1CC2(CC[C@@H](N3CCN(c4ncccc4/C(C=NC4CCC4)=C/N)CC3)C2)C1. The lowest BCUT2D eigenvalue weighted by Gasteiger charge is -2.48. The quantitative estimate of drug-likeness (QED) is 0.692. The van der Waals surface area contributed by atoms with Gasteiger partial charge in [0.25, 0.3) is 0 Å². The molecular weight excluding hydrogens is 416 g/mol. The van der Waals surface area contributed by atoms with Gasteiger partial charge in [-0.25, -0.2) is 9.78 Å². The van der Waals surface area contributed by atoms with E-state index in [1.54, 1.807) is 6.20 Å². The summed E-state index contributed by atoms with van der Waals surface area (Å²) in [7, 11) is 1.46. The van der Waals surface area contributed by atoms with Crippen LogP contribution in [0.5, 0.6) is 0 Å². The number of amides is 1. The van der Waals surface area contributed by atoms with E-state index in [9.17, 15) is 4.79 Å². The second-order valence-electron chi connectivity index (χ2n) is 10.1. The molecule has 2 saturated carbocycles. The average molecular weight is 453 g/mol. The predicted molar refractivity (Wildman–Crippen MR) is 130 cm³/mol. The number of piperazine rings is 1. The van der Waals surface area contributed by atoms with Crippen LogP contribution in [0.2, 0.25) is 0 Å². The van der Waals surface area contributed by atoms with Gasteiger partial charge in [-0.15, -0.1) is 0 Å². The van der Waals surface area contributed by atoms with E-state index in [0.29, 0.717) is 17.5 Å². The van der Waals surface area contributed by atoms with Crippen molar-refractivity contribution in [2.45, 2.75) is 50.6 Å². The number of carbonyl (C=O) groups excluding carboxylic acids is 1. The first-order chi connectivity index (χ1) is 16.1. The van der Waals surface area contributed by atoms with E-state index in [1.165, 1.54) is 45.6 Å². The third kappa shape index (κ3) is 4.45. The first kappa shape index (κ1) is 22.2. The third-order valence-corrected chi connectivity index (χ3v) is 8.07. The van der Waals surface area contributed by atoms with Gasteiger partial charge in [-0.05, 0) is 50.7 Å². The summed E-state index contributed by atoms with van der Waals surface area (Å²) in [6.07, 6.45) is 12.5. The first-order valence-electron chi connectivity index (χ1n) is 12.3. The number of nitrogens with two attached hydrogens (primary N) is 1. The van der Waals surface area contributed by atoms with Gasteiger partial charge in [0.05, 0.1) is 7.11 Å². The molecule has 4 aliphatic rings. The molecule has 1 aromatic heterocycles. The highest BCUT2D eigenvalue weighted by Crippen LogP contribution is 2.47. The van der Waals surface area contributed by atoms with Gasteiger partial charge in [-0.1, -0.05) is 0 Å². The van der Waals surface area contributed by atoms with Gasteiger partial charge in [0.15, 0.2) is 0 Å². The van der Waals surface area contributed by atoms with Crippen LogP contribution in [-0.4, -0.2) is 85.6 Å². The zero-order valence-electron chi connectivity index (χ0n) is 19.7. The van der Waals surface area contributed by atoms with Gasteiger partial charge in [0.2, 0.25) is 0 Å². The standard InChI is InChI=1S/C25H36N6O2/c1-33-24(32)31-17-25(18-31)8-7-21(14-25)29-10-12-30(13-11-29)23-22(6-3-9-27-23)19(15-26)16-28-20-4-2-5-20/h3,6,9,15-16,20-21H,2,4-5,7-8,10-14,17-18,26H2,1H3/b19-15+,28-16?/t21-/m1/s1. The molecule has 0 radical (unpaired) electrons. The van der Waals surface area contributed by atoms with Gasteiger partial charge in [-0.2, -0.15) is 0 Å². The van der Waals surface area contributed by atoms with Crippen LogP contribution in [0.4, 0.5) is 10.6 Å². The Labute approximate surface area is 196 Å². The minimum absolute atomic E-state index is 0.188. The van der Waals surface area contributed by atoms with Crippen molar-refractivity contribution in [3.63, 3.8) is 0 Å². The lowest BCUT2D eigenvalue weighted by molar-refractivity contribution is 0.00231. The molecule has 1 aromatic rings. The molecule has 33 heavy (non-hydrogen) atoms. The summed E-state index contributed by atoms with van der Waals surface area (Å²) in [6, 6.07) is 5.15. The molecule has 8 heteroatoms. The topological polar surface area (TPSA) is 87.3 Å². The average Bonchev–Trinajstić information content (AvgIpc) is 3.25. The van der Waals surface area contributed by atoms with E-state index in [0.717, 1.165) is 56.2 Å². The largest absolute Gasteiger partial charge is 0.453 e. The number of hydrogen-bond donors (Lipinski definition) is 1. The Hall–Kier alpha value is -2.61. The molecule has 2 N–H and O–H groups in total. The minimum atomic E-state index is -0.188. The molecule has 8 nitrogen and oxygen atoms in total. The van der Waals surface area contributed by atoms with Crippen molar-refractivity contribution >= 4 is 23.7 Å². The lowest BCUT2D eigenvalue weighted by atomic mass is 9.78. The Morgan fingerprint density at radius 3 is 2.70 bits per heavy atom. The highest BCUT2D eigenvalue weighted by atomic mass is 16.5. The number of hydrogen-bond acceptors (Lipinski definition) is 7. The highest BCUT2D eigenvalue weighted by molar-refractivity contribution is 6.11. The van der Waals surface area contributed by atoms with Crippen LogP contribution in [0.15, 0.2) is 29.5 Å². The Morgan fingerprint density at radius 1 is 1.24 bits per heavy atom. The van der Waals surface area contributed by atoms with Crippen LogP contribution in [0.3, 0.4) is 0 Å². The Kier molecular flexibility index (Phi) is 6.27. The number of nitrogens with zero attached hydrogens (tertiary/aromatic N) is 5. The van der Waals surface area contributed by atoms with Crippen molar-refractivity contribution in [3.8, 4) is 0 Å². The van der Waals surface area contributed by atoms with E-state index in [1.807, 2.05) is 23.4 Å². The molecule has 4 fully saturated rings. The van der Waals surface area contributed by atoms with Crippen LogP contribution in [0.1, 0.15) is 44.1 Å². The molecule has 5 rings (SSSR count).